The molecule has 1 amide bonds. The fourth-order valence-electron chi connectivity index (χ4n) is 8.34. The van der Waals surface area contributed by atoms with Crippen molar-refractivity contribution in [3.8, 4) is 0 Å². The van der Waals surface area contributed by atoms with Crippen molar-refractivity contribution in [2.45, 2.75) is 308 Å². The summed E-state index contributed by atoms with van der Waals surface area (Å²) in [6.07, 6.45) is 58.2. The number of aliphatic hydroxyl groups excluding tert-OH is 3. The van der Waals surface area contributed by atoms with Crippen molar-refractivity contribution in [1.29, 1.82) is 0 Å². The van der Waals surface area contributed by atoms with Gasteiger partial charge in [-0.1, -0.05) is 276 Å². The molecule has 0 fully saturated rings. The summed E-state index contributed by atoms with van der Waals surface area (Å²) in [6, 6.07) is -0.739. The van der Waals surface area contributed by atoms with Gasteiger partial charge in [0.25, 0.3) is 0 Å². The highest BCUT2D eigenvalue weighted by atomic mass is 16.3. The van der Waals surface area contributed by atoms with Crippen LogP contribution in [0.1, 0.15) is 290 Å². The molecule has 0 saturated heterocycles. The van der Waals surface area contributed by atoms with E-state index in [1.807, 2.05) is 6.08 Å². The van der Waals surface area contributed by atoms with Gasteiger partial charge in [0.05, 0.1) is 31.3 Å². The maximum absolute atomic E-state index is 12.5. The molecule has 0 rings (SSSR count). The Kier molecular flexibility index (Phi) is 47.0. The molecular formula is C52H103NO4. The monoisotopic (exact) mass is 806 g/mol. The van der Waals surface area contributed by atoms with Crippen LogP contribution in [0.15, 0.2) is 12.2 Å². The fourth-order valence-corrected chi connectivity index (χ4v) is 8.34. The third-order valence-corrected chi connectivity index (χ3v) is 12.3. The fraction of sp³-hybridized carbons (Fsp3) is 0.942. The first-order chi connectivity index (χ1) is 28.0. The van der Waals surface area contributed by atoms with Gasteiger partial charge in [0.2, 0.25) is 5.91 Å². The minimum Gasteiger partial charge on any atom is -0.394 e. The molecule has 340 valence electrons. The first kappa shape index (κ1) is 56.1. The van der Waals surface area contributed by atoms with Crippen LogP contribution < -0.4 is 5.32 Å². The number of carbonyl (C=O) groups is 1. The van der Waals surface area contributed by atoms with E-state index in [1.54, 1.807) is 6.08 Å². The molecule has 0 spiro atoms. The van der Waals surface area contributed by atoms with Crippen LogP contribution in [0.5, 0.6) is 0 Å². The maximum atomic E-state index is 12.5. The van der Waals surface area contributed by atoms with Crippen molar-refractivity contribution in [1.82, 2.24) is 5.32 Å². The Bertz CT molecular complexity index is 803. The van der Waals surface area contributed by atoms with E-state index in [0.717, 1.165) is 25.7 Å². The zero-order valence-electron chi connectivity index (χ0n) is 38.7. The molecule has 0 radical (unpaired) electrons. The van der Waals surface area contributed by atoms with Crippen LogP contribution in [0, 0.1) is 0 Å². The Morgan fingerprint density at radius 1 is 0.439 bits per heavy atom. The van der Waals surface area contributed by atoms with Crippen LogP contribution in [-0.4, -0.2) is 46.1 Å². The van der Waals surface area contributed by atoms with Gasteiger partial charge in [0.1, 0.15) is 0 Å². The van der Waals surface area contributed by atoms with Crippen LogP contribution in [-0.2, 0) is 4.79 Å². The van der Waals surface area contributed by atoms with Gasteiger partial charge in [0, 0.05) is 0 Å². The number of carbonyl (C=O) groups excluding carboxylic acids is 1. The second kappa shape index (κ2) is 47.8. The molecule has 4 N–H and O–H groups in total. The van der Waals surface area contributed by atoms with Crippen molar-refractivity contribution in [3.63, 3.8) is 0 Å². The van der Waals surface area contributed by atoms with Crippen molar-refractivity contribution in [2.24, 2.45) is 0 Å². The highest BCUT2D eigenvalue weighted by molar-refractivity contribution is 5.76. The molecule has 0 saturated carbocycles. The molecule has 0 aliphatic heterocycles. The quantitative estimate of drug-likeness (QED) is 0.0364. The molecule has 5 heteroatoms. The summed E-state index contributed by atoms with van der Waals surface area (Å²) in [5.41, 5.74) is 0. The molecule has 0 aromatic heterocycles. The van der Waals surface area contributed by atoms with E-state index in [0.29, 0.717) is 6.42 Å². The van der Waals surface area contributed by atoms with Gasteiger partial charge in [-0.25, -0.2) is 0 Å². The van der Waals surface area contributed by atoms with Gasteiger partial charge >= 0.3 is 0 Å². The molecule has 3 unspecified atom stereocenters. The Hall–Kier alpha value is -0.910. The predicted molar refractivity (Wildman–Crippen MR) is 250 cm³/mol. The van der Waals surface area contributed by atoms with Crippen LogP contribution in [0.2, 0.25) is 0 Å². The van der Waals surface area contributed by atoms with Crippen molar-refractivity contribution >= 4 is 5.91 Å². The van der Waals surface area contributed by atoms with Crippen LogP contribution in [0.3, 0.4) is 0 Å². The lowest BCUT2D eigenvalue weighted by molar-refractivity contribution is -0.124. The highest BCUT2D eigenvalue weighted by Crippen LogP contribution is 2.18. The second-order valence-electron chi connectivity index (χ2n) is 18.1. The number of hydrogen-bond acceptors (Lipinski definition) is 4. The summed E-state index contributed by atoms with van der Waals surface area (Å²) in [6.45, 7) is 4.23. The third kappa shape index (κ3) is 44.5. The van der Waals surface area contributed by atoms with Crippen LogP contribution in [0.25, 0.3) is 0 Å². The van der Waals surface area contributed by atoms with Gasteiger partial charge < -0.3 is 20.6 Å². The summed E-state index contributed by atoms with van der Waals surface area (Å²) >= 11 is 0. The smallest absolute Gasteiger partial charge is 0.222 e. The van der Waals surface area contributed by atoms with E-state index in [1.165, 1.54) is 238 Å². The Labute approximate surface area is 357 Å². The molecule has 57 heavy (non-hydrogen) atoms. The van der Waals surface area contributed by atoms with E-state index < -0.39 is 18.2 Å². The Balaban J connectivity index is 3.49. The van der Waals surface area contributed by atoms with E-state index in [9.17, 15) is 20.1 Å². The number of nitrogens with one attached hydrogen (secondary N) is 1. The number of hydrogen-bond donors (Lipinski definition) is 4. The molecule has 0 heterocycles. The summed E-state index contributed by atoms with van der Waals surface area (Å²) in [4.78, 5) is 12.5. The zero-order valence-corrected chi connectivity index (χ0v) is 38.7. The average Bonchev–Trinajstić information content (AvgIpc) is 3.20. The normalized spacial score (nSPS) is 13.4. The minimum atomic E-state index is -0.924. The van der Waals surface area contributed by atoms with Crippen molar-refractivity contribution in [2.75, 3.05) is 6.61 Å². The maximum Gasteiger partial charge on any atom is 0.222 e. The van der Waals surface area contributed by atoms with Gasteiger partial charge in [-0.05, 0) is 19.3 Å². The van der Waals surface area contributed by atoms with Crippen molar-refractivity contribution < 1.29 is 20.1 Å². The van der Waals surface area contributed by atoms with E-state index >= 15 is 0 Å². The molecule has 0 aromatic rings. The SMILES string of the molecule is CCCCCCCCCCCCC/C=C/C(O)C(CO)NC(=O)CC(O)CCCCCCCCCCCCCCCCCCCCCCCCCCCCCCC. The number of amides is 1. The van der Waals surface area contributed by atoms with Crippen molar-refractivity contribution in [3.05, 3.63) is 12.2 Å². The number of rotatable bonds is 48. The average molecular weight is 806 g/mol. The third-order valence-electron chi connectivity index (χ3n) is 12.3. The standard InChI is InChI=1S/C52H103NO4/c1-3-5-7-9-11-13-15-17-18-19-20-21-22-23-24-25-26-27-28-29-30-31-32-34-35-37-39-41-43-45-49(55)47-52(57)53-50(48-54)51(56)46-44-42-40-38-36-33-16-14-12-10-8-6-4-2/h44,46,49-51,54-56H,3-43,45,47-48H2,1-2H3,(H,53,57)/b46-44+. The Morgan fingerprint density at radius 3 is 1.02 bits per heavy atom. The lowest BCUT2D eigenvalue weighted by atomic mass is 10.0. The molecule has 3 atom stereocenters. The van der Waals surface area contributed by atoms with Gasteiger partial charge in [-0.3, -0.25) is 4.79 Å². The molecule has 0 bridgehead atoms. The molecule has 0 aliphatic carbocycles. The summed E-state index contributed by atoms with van der Waals surface area (Å²) < 4.78 is 0. The summed E-state index contributed by atoms with van der Waals surface area (Å²) in [5, 5.41) is 33.3. The van der Waals surface area contributed by atoms with Crippen LogP contribution in [0.4, 0.5) is 0 Å². The number of allylic oxidation sites excluding steroid dienone is 1. The van der Waals surface area contributed by atoms with E-state index in [4.69, 9.17) is 0 Å². The predicted octanol–water partition coefficient (Wildman–Crippen LogP) is 15.6. The van der Waals surface area contributed by atoms with Gasteiger partial charge in [-0.15, -0.1) is 0 Å². The second-order valence-corrected chi connectivity index (χ2v) is 18.1. The summed E-state index contributed by atoms with van der Waals surface area (Å²) in [5.74, 6) is -0.310. The van der Waals surface area contributed by atoms with Gasteiger partial charge in [0.15, 0.2) is 0 Å². The van der Waals surface area contributed by atoms with E-state index in [2.05, 4.69) is 19.2 Å². The summed E-state index contributed by atoms with van der Waals surface area (Å²) in [7, 11) is 0. The minimum absolute atomic E-state index is 0.0191. The number of unbranched alkanes of at least 4 members (excludes halogenated alkanes) is 39. The molecule has 0 aromatic carbocycles. The lowest BCUT2D eigenvalue weighted by Crippen LogP contribution is -2.45. The molecule has 0 aliphatic rings. The largest absolute Gasteiger partial charge is 0.394 e. The topological polar surface area (TPSA) is 89.8 Å². The zero-order chi connectivity index (χ0) is 41.5. The first-order valence-electron chi connectivity index (χ1n) is 26.0. The molecule has 5 nitrogen and oxygen atoms in total. The van der Waals surface area contributed by atoms with E-state index in [-0.39, 0.29) is 18.9 Å². The number of aliphatic hydroxyl groups is 3. The Morgan fingerprint density at radius 2 is 0.719 bits per heavy atom. The van der Waals surface area contributed by atoms with Crippen LogP contribution >= 0.6 is 0 Å². The van der Waals surface area contributed by atoms with Gasteiger partial charge in [-0.2, -0.15) is 0 Å². The first-order valence-corrected chi connectivity index (χ1v) is 26.0. The lowest BCUT2D eigenvalue weighted by Gasteiger charge is -2.21. The highest BCUT2D eigenvalue weighted by Gasteiger charge is 2.20. The molecular weight excluding hydrogens is 703 g/mol.